The van der Waals surface area contributed by atoms with Gasteiger partial charge in [0.1, 0.15) is 6.04 Å². The standard InChI is InChI=1S/C18H24N4O3S/c1-22(2)17(14-7-4-3-5-8-14)18(23)21-15-9-6-10-16(13-15)26(24,25)20-12-11-19/h3-10,13,17,20H,11-12,19H2,1-2H3,(H,21,23). The van der Waals surface area contributed by atoms with Crippen LogP contribution in [0.5, 0.6) is 0 Å². The minimum Gasteiger partial charge on any atom is -0.329 e. The molecule has 1 atom stereocenters. The zero-order valence-corrected chi connectivity index (χ0v) is 15.7. The number of anilines is 1. The van der Waals surface area contributed by atoms with Gasteiger partial charge < -0.3 is 11.1 Å². The third kappa shape index (κ3) is 5.12. The molecule has 0 heterocycles. The van der Waals surface area contributed by atoms with Crippen LogP contribution in [0.15, 0.2) is 59.5 Å². The van der Waals surface area contributed by atoms with Crippen LogP contribution in [0, 0.1) is 0 Å². The summed E-state index contributed by atoms with van der Waals surface area (Å²) in [6.45, 7) is 0.354. The topological polar surface area (TPSA) is 105 Å². The van der Waals surface area contributed by atoms with Crippen molar-refractivity contribution in [1.29, 1.82) is 0 Å². The molecule has 1 amide bonds. The Morgan fingerprint density at radius 3 is 2.42 bits per heavy atom. The summed E-state index contributed by atoms with van der Waals surface area (Å²) in [6.07, 6.45) is 0. The first-order valence-electron chi connectivity index (χ1n) is 8.17. The van der Waals surface area contributed by atoms with E-state index in [9.17, 15) is 13.2 Å². The van der Waals surface area contributed by atoms with E-state index in [1.807, 2.05) is 44.4 Å². The van der Waals surface area contributed by atoms with E-state index in [1.54, 1.807) is 17.0 Å². The molecule has 8 heteroatoms. The first-order chi connectivity index (χ1) is 12.3. The third-order valence-electron chi connectivity index (χ3n) is 3.73. The molecule has 1 unspecified atom stereocenters. The Kier molecular flexibility index (Phi) is 6.87. The number of carbonyl (C=O) groups excluding carboxylic acids is 1. The van der Waals surface area contributed by atoms with Crippen molar-refractivity contribution in [2.45, 2.75) is 10.9 Å². The molecule has 0 bridgehead atoms. The monoisotopic (exact) mass is 376 g/mol. The third-order valence-corrected chi connectivity index (χ3v) is 5.19. The van der Waals surface area contributed by atoms with Gasteiger partial charge in [0.25, 0.3) is 0 Å². The Hall–Kier alpha value is -2.26. The van der Waals surface area contributed by atoms with Gasteiger partial charge in [-0.1, -0.05) is 36.4 Å². The molecular formula is C18H24N4O3S. The van der Waals surface area contributed by atoms with Gasteiger partial charge >= 0.3 is 0 Å². The summed E-state index contributed by atoms with van der Waals surface area (Å²) < 4.78 is 26.8. The Morgan fingerprint density at radius 2 is 1.81 bits per heavy atom. The van der Waals surface area contributed by atoms with Crippen molar-refractivity contribution in [3.05, 3.63) is 60.2 Å². The minimum absolute atomic E-state index is 0.0739. The lowest BCUT2D eigenvalue weighted by Crippen LogP contribution is -2.32. The fraction of sp³-hybridized carbons (Fsp3) is 0.278. The van der Waals surface area contributed by atoms with Crippen molar-refractivity contribution in [3.63, 3.8) is 0 Å². The van der Waals surface area contributed by atoms with E-state index in [0.717, 1.165) is 5.56 Å². The number of amides is 1. The van der Waals surface area contributed by atoms with Gasteiger partial charge in [0.2, 0.25) is 15.9 Å². The minimum atomic E-state index is -3.66. The Bertz CT molecular complexity index is 839. The van der Waals surface area contributed by atoms with Crippen molar-refractivity contribution >= 4 is 21.6 Å². The molecule has 26 heavy (non-hydrogen) atoms. The van der Waals surface area contributed by atoms with Crippen LogP contribution in [0.25, 0.3) is 0 Å². The van der Waals surface area contributed by atoms with Crippen LogP contribution < -0.4 is 15.8 Å². The Labute approximate surface area is 154 Å². The molecule has 0 spiro atoms. The normalized spacial score (nSPS) is 12.8. The number of nitrogens with one attached hydrogen (secondary N) is 2. The van der Waals surface area contributed by atoms with Crippen LogP contribution in [-0.4, -0.2) is 46.4 Å². The predicted molar refractivity (Wildman–Crippen MR) is 102 cm³/mol. The fourth-order valence-corrected chi connectivity index (χ4v) is 3.64. The molecule has 0 fully saturated rings. The highest BCUT2D eigenvalue weighted by Crippen LogP contribution is 2.21. The summed E-state index contributed by atoms with van der Waals surface area (Å²) in [5, 5.41) is 2.79. The van der Waals surface area contributed by atoms with E-state index in [0.29, 0.717) is 5.69 Å². The van der Waals surface area contributed by atoms with E-state index in [2.05, 4.69) is 10.0 Å². The maximum absolute atomic E-state index is 12.8. The molecule has 0 aliphatic heterocycles. The zero-order chi connectivity index (χ0) is 19.2. The lowest BCUT2D eigenvalue weighted by Gasteiger charge is -2.24. The van der Waals surface area contributed by atoms with Crippen LogP contribution >= 0.6 is 0 Å². The van der Waals surface area contributed by atoms with Gasteiger partial charge in [-0.05, 0) is 37.9 Å². The second-order valence-corrected chi connectivity index (χ2v) is 7.75. The van der Waals surface area contributed by atoms with Crippen LogP contribution in [0.4, 0.5) is 5.69 Å². The van der Waals surface area contributed by atoms with Crippen molar-refractivity contribution in [2.24, 2.45) is 5.73 Å². The SMILES string of the molecule is CN(C)C(C(=O)Nc1cccc(S(=O)(=O)NCCN)c1)c1ccccc1. The van der Waals surface area contributed by atoms with E-state index in [-0.39, 0.29) is 23.9 Å². The van der Waals surface area contributed by atoms with Crippen LogP contribution in [0.2, 0.25) is 0 Å². The van der Waals surface area contributed by atoms with Crippen LogP contribution in [0.1, 0.15) is 11.6 Å². The van der Waals surface area contributed by atoms with Gasteiger partial charge in [-0.15, -0.1) is 0 Å². The van der Waals surface area contributed by atoms with E-state index >= 15 is 0 Å². The molecule has 0 aromatic heterocycles. The molecule has 0 aliphatic rings. The number of rotatable bonds is 8. The molecule has 4 N–H and O–H groups in total. The molecule has 2 rings (SSSR count). The summed E-state index contributed by atoms with van der Waals surface area (Å²) in [5.74, 6) is -0.245. The number of nitrogens with two attached hydrogens (primary N) is 1. The average molecular weight is 376 g/mol. The number of carbonyl (C=O) groups is 1. The molecule has 0 radical (unpaired) electrons. The van der Waals surface area contributed by atoms with Gasteiger partial charge in [0, 0.05) is 18.8 Å². The number of nitrogens with zero attached hydrogens (tertiary/aromatic N) is 1. The number of sulfonamides is 1. The summed E-state index contributed by atoms with van der Waals surface area (Å²) >= 11 is 0. The van der Waals surface area contributed by atoms with Crippen molar-refractivity contribution in [1.82, 2.24) is 9.62 Å². The number of hydrogen-bond donors (Lipinski definition) is 3. The van der Waals surface area contributed by atoms with Gasteiger partial charge in [-0.3, -0.25) is 9.69 Å². The number of hydrogen-bond acceptors (Lipinski definition) is 5. The molecule has 7 nitrogen and oxygen atoms in total. The van der Waals surface area contributed by atoms with Gasteiger partial charge in [0.15, 0.2) is 0 Å². The number of benzene rings is 2. The highest BCUT2D eigenvalue weighted by Gasteiger charge is 2.23. The molecular weight excluding hydrogens is 352 g/mol. The van der Waals surface area contributed by atoms with Crippen LogP contribution in [-0.2, 0) is 14.8 Å². The Morgan fingerprint density at radius 1 is 1.12 bits per heavy atom. The average Bonchev–Trinajstić information content (AvgIpc) is 2.61. The quantitative estimate of drug-likeness (QED) is 0.641. The van der Waals surface area contributed by atoms with Crippen LogP contribution in [0.3, 0.4) is 0 Å². The maximum atomic E-state index is 12.8. The summed E-state index contributed by atoms with van der Waals surface area (Å²) in [5.41, 5.74) is 6.60. The lowest BCUT2D eigenvalue weighted by molar-refractivity contribution is -0.120. The van der Waals surface area contributed by atoms with E-state index in [1.165, 1.54) is 12.1 Å². The van der Waals surface area contributed by atoms with Gasteiger partial charge in [-0.2, -0.15) is 0 Å². The maximum Gasteiger partial charge on any atom is 0.246 e. The first kappa shape index (κ1) is 20.1. The largest absolute Gasteiger partial charge is 0.329 e. The summed E-state index contributed by atoms with van der Waals surface area (Å²) in [7, 11) is -0.0325. The first-order valence-corrected chi connectivity index (χ1v) is 9.65. The summed E-state index contributed by atoms with van der Waals surface area (Å²) in [6, 6.07) is 15.0. The Balaban J connectivity index is 2.22. The highest BCUT2D eigenvalue weighted by molar-refractivity contribution is 7.89. The molecule has 2 aromatic rings. The molecule has 0 saturated carbocycles. The van der Waals surface area contributed by atoms with Gasteiger partial charge in [-0.25, -0.2) is 13.1 Å². The van der Waals surface area contributed by atoms with Crippen molar-refractivity contribution < 1.29 is 13.2 Å². The van der Waals surface area contributed by atoms with Crippen molar-refractivity contribution in [2.75, 3.05) is 32.5 Å². The smallest absolute Gasteiger partial charge is 0.246 e. The zero-order valence-electron chi connectivity index (χ0n) is 14.8. The molecule has 140 valence electrons. The van der Waals surface area contributed by atoms with Crippen molar-refractivity contribution in [3.8, 4) is 0 Å². The fourth-order valence-electron chi connectivity index (χ4n) is 2.55. The highest BCUT2D eigenvalue weighted by atomic mass is 32.2. The van der Waals surface area contributed by atoms with Gasteiger partial charge in [0.05, 0.1) is 4.90 Å². The molecule has 2 aromatic carbocycles. The summed E-state index contributed by atoms with van der Waals surface area (Å²) in [4.78, 5) is 14.6. The second kappa shape index (κ2) is 8.91. The number of likely N-dealkylation sites (N-methyl/N-ethyl adjacent to an activating group) is 1. The van der Waals surface area contributed by atoms with E-state index < -0.39 is 16.1 Å². The second-order valence-electron chi connectivity index (χ2n) is 5.98. The molecule has 0 aliphatic carbocycles. The molecule has 0 saturated heterocycles. The lowest BCUT2D eigenvalue weighted by atomic mass is 10.1. The predicted octanol–water partition coefficient (Wildman–Crippen LogP) is 1.17. The van der Waals surface area contributed by atoms with E-state index in [4.69, 9.17) is 5.73 Å².